The van der Waals surface area contributed by atoms with Crippen molar-refractivity contribution in [3.05, 3.63) is 12.2 Å². The molecule has 0 amide bonds. The Bertz CT molecular complexity index is 283. The molecule has 0 N–H and O–H groups in total. The maximum absolute atomic E-state index is 10.6. The summed E-state index contributed by atoms with van der Waals surface area (Å²) in [5, 5.41) is 0. The van der Waals surface area contributed by atoms with Gasteiger partial charge in [-0.15, -0.1) is 0 Å². The Balaban J connectivity index is 2.22. The van der Waals surface area contributed by atoms with E-state index in [2.05, 4.69) is 16.6 Å². The van der Waals surface area contributed by atoms with E-state index >= 15 is 0 Å². The number of carbonyl (C=O) groups excluding carboxylic acids is 1. The van der Waals surface area contributed by atoms with Crippen LogP contribution in [0.2, 0.25) is 0 Å². The zero-order valence-corrected chi connectivity index (χ0v) is 8.45. The Kier molecular flexibility index (Phi) is 4.21. The summed E-state index contributed by atoms with van der Waals surface area (Å²) < 4.78 is 9.76. The molecule has 0 saturated heterocycles. The number of hydrogen-bond donors (Lipinski definition) is 0. The third-order valence-electron chi connectivity index (χ3n) is 1.89. The Labute approximate surface area is 84.1 Å². The van der Waals surface area contributed by atoms with Gasteiger partial charge in [-0.2, -0.15) is 0 Å². The first kappa shape index (κ1) is 10.8. The molecule has 0 aromatic rings. The maximum Gasteiger partial charge on any atom is 0.331 e. The van der Waals surface area contributed by atoms with E-state index in [0.717, 1.165) is 13.0 Å². The lowest BCUT2D eigenvalue weighted by atomic mass is 10.4. The van der Waals surface area contributed by atoms with E-state index in [0.29, 0.717) is 12.0 Å². The van der Waals surface area contributed by atoms with Crippen molar-refractivity contribution in [2.45, 2.75) is 19.4 Å². The SMILES string of the molecule is CCO[C@H]1C[C@@H]1C#C/C=C\C(=O)OC. The van der Waals surface area contributed by atoms with Crippen molar-refractivity contribution in [2.75, 3.05) is 13.7 Å². The fourth-order valence-corrected chi connectivity index (χ4v) is 1.05. The van der Waals surface area contributed by atoms with Crippen LogP contribution in [0, 0.1) is 17.8 Å². The summed E-state index contributed by atoms with van der Waals surface area (Å²) in [5.41, 5.74) is 0. The van der Waals surface area contributed by atoms with Crippen molar-refractivity contribution in [1.29, 1.82) is 0 Å². The molecule has 0 unspecified atom stereocenters. The highest BCUT2D eigenvalue weighted by molar-refractivity contribution is 5.82. The van der Waals surface area contributed by atoms with Crippen LogP contribution in [0.15, 0.2) is 12.2 Å². The molecular formula is C11H14O3. The molecule has 76 valence electrons. The highest BCUT2D eigenvalue weighted by Crippen LogP contribution is 2.32. The predicted octanol–water partition coefficient (Wildman–Crippen LogP) is 1.14. The number of allylic oxidation sites excluding steroid dienone is 1. The fraction of sp³-hybridized carbons (Fsp3) is 0.545. The van der Waals surface area contributed by atoms with Crippen molar-refractivity contribution in [1.82, 2.24) is 0 Å². The summed E-state index contributed by atoms with van der Waals surface area (Å²) in [7, 11) is 1.34. The van der Waals surface area contributed by atoms with E-state index in [1.54, 1.807) is 0 Å². The lowest BCUT2D eigenvalue weighted by Gasteiger charge is -1.92. The highest BCUT2D eigenvalue weighted by Gasteiger charge is 2.36. The van der Waals surface area contributed by atoms with Gasteiger partial charge in [-0.3, -0.25) is 0 Å². The van der Waals surface area contributed by atoms with Crippen molar-refractivity contribution in [3.63, 3.8) is 0 Å². The first-order valence-corrected chi connectivity index (χ1v) is 4.65. The molecule has 14 heavy (non-hydrogen) atoms. The first-order chi connectivity index (χ1) is 6.77. The number of rotatable bonds is 3. The van der Waals surface area contributed by atoms with E-state index in [1.807, 2.05) is 6.92 Å². The van der Waals surface area contributed by atoms with Gasteiger partial charge in [0.25, 0.3) is 0 Å². The summed E-state index contributed by atoms with van der Waals surface area (Å²) in [4.78, 5) is 10.6. The number of ether oxygens (including phenoxy) is 2. The summed E-state index contributed by atoms with van der Waals surface area (Å²) in [6.45, 7) is 2.71. The average Bonchev–Trinajstić information content (AvgIpc) is 2.92. The number of esters is 1. The van der Waals surface area contributed by atoms with Crippen LogP contribution in [-0.4, -0.2) is 25.8 Å². The van der Waals surface area contributed by atoms with Crippen LogP contribution in [0.3, 0.4) is 0 Å². The summed E-state index contributed by atoms with van der Waals surface area (Å²) in [5.74, 6) is 5.76. The van der Waals surface area contributed by atoms with Gasteiger partial charge >= 0.3 is 5.97 Å². The minimum Gasteiger partial charge on any atom is -0.466 e. The Morgan fingerprint density at radius 3 is 3.07 bits per heavy atom. The van der Waals surface area contributed by atoms with Crippen LogP contribution in [0.25, 0.3) is 0 Å². The van der Waals surface area contributed by atoms with E-state index < -0.39 is 0 Å². The van der Waals surface area contributed by atoms with Crippen LogP contribution in [0.1, 0.15) is 13.3 Å². The Morgan fingerprint density at radius 2 is 2.43 bits per heavy atom. The lowest BCUT2D eigenvalue weighted by Crippen LogP contribution is -1.94. The van der Waals surface area contributed by atoms with Gasteiger partial charge < -0.3 is 9.47 Å². The molecule has 0 aromatic carbocycles. The number of hydrogen-bond acceptors (Lipinski definition) is 3. The van der Waals surface area contributed by atoms with Gasteiger partial charge in [-0.05, 0) is 19.4 Å². The Hall–Kier alpha value is -1.27. The molecule has 3 heteroatoms. The second kappa shape index (κ2) is 5.46. The van der Waals surface area contributed by atoms with Gasteiger partial charge in [0, 0.05) is 18.6 Å². The molecule has 0 bridgehead atoms. The Morgan fingerprint density at radius 1 is 1.64 bits per heavy atom. The normalized spacial score (nSPS) is 24.1. The van der Waals surface area contributed by atoms with Gasteiger partial charge in [0.2, 0.25) is 0 Å². The standard InChI is InChI=1S/C11H14O3/c1-3-14-10-8-9(10)6-4-5-7-11(12)13-2/h5,7,9-10H,3,8H2,1-2H3/b7-5-/t9-,10-/m0/s1. The van der Waals surface area contributed by atoms with Crippen molar-refractivity contribution < 1.29 is 14.3 Å². The quantitative estimate of drug-likeness (QED) is 0.384. The molecule has 0 heterocycles. The summed E-state index contributed by atoms with van der Waals surface area (Å²) in [6, 6.07) is 0. The highest BCUT2D eigenvalue weighted by atomic mass is 16.5. The molecule has 3 nitrogen and oxygen atoms in total. The summed E-state index contributed by atoms with van der Waals surface area (Å²) in [6.07, 6.45) is 4.13. The third kappa shape index (κ3) is 3.63. The predicted molar refractivity (Wildman–Crippen MR) is 52.5 cm³/mol. The topological polar surface area (TPSA) is 35.5 Å². The zero-order chi connectivity index (χ0) is 10.4. The van der Waals surface area contributed by atoms with Gasteiger partial charge in [0.15, 0.2) is 0 Å². The zero-order valence-electron chi connectivity index (χ0n) is 8.45. The van der Waals surface area contributed by atoms with Crippen molar-refractivity contribution in [3.8, 4) is 11.8 Å². The maximum atomic E-state index is 10.6. The van der Waals surface area contributed by atoms with Gasteiger partial charge in [0.1, 0.15) is 0 Å². The van der Waals surface area contributed by atoms with Crippen molar-refractivity contribution in [2.24, 2.45) is 5.92 Å². The van der Waals surface area contributed by atoms with Gasteiger partial charge in [-0.1, -0.05) is 11.8 Å². The van der Waals surface area contributed by atoms with E-state index in [9.17, 15) is 4.79 Å². The van der Waals surface area contributed by atoms with Crippen molar-refractivity contribution >= 4 is 5.97 Å². The van der Waals surface area contributed by atoms with E-state index in [-0.39, 0.29) is 5.97 Å². The van der Waals surface area contributed by atoms with Crippen LogP contribution < -0.4 is 0 Å². The van der Waals surface area contributed by atoms with E-state index in [1.165, 1.54) is 19.3 Å². The largest absolute Gasteiger partial charge is 0.466 e. The molecule has 1 saturated carbocycles. The van der Waals surface area contributed by atoms with E-state index in [4.69, 9.17) is 4.74 Å². The smallest absolute Gasteiger partial charge is 0.331 e. The summed E-state index contributed by atoms with van der Waals surface area (Å²) >= 11 is 0. The van der Waals surface area contributed by atoms with Crippen LogP contribution in [0.4, 0.5) is 0 Å². The molecule has 1 aliphatic rings. The lowest BCUT2D eigenvalue weighted by molar-refractivity contribution is -0.134. The molecule has 1 fully saturated rings. The molecule has 0 spiro atoms. The second-order valence-corrected chi connectivity index (χ2v) is 2.98. The van der Waals surface area contributed by atoms with Crippen LogP contribution in [-0.2, 0) is 14.3 Å². The third-order valence-corrected chi connectivity index (χ3v) is 1.89. The molecular weight excluding hydrogens is 180 g/mol. The molecule has 1 aliphatic carbocycles. The number of carbonyl (C=O) groups is 1. The monoisotopic (exact) mass is 194 g/mol. The van der Waals surface area contributed by atoms with Gasteiger partial charge in [-0.25, -0.2) is 4.79 Å². The molecule has 0 aromatic heterocycles. The second-order valence-electron chi connectivity index (χ2n) is 2.98. The van der Waals surface area contributed by atoms with Crippen LogP contribution >= 0.6 is 0 Å². The molecule has 0 aliphatic heterocycles. The first-order valence-electron chi connectivity index (χ1n) is 4.65. The number of methoxy groups -OCH3 is 1. The average molecular weight is 194 g/mol. The molecule has 1 rings (SSSR count). The van der Waals surface area contributed by atoms with Crippen LogP contribution in [0.5, 0.6) is 0 Å². The van der Waals surface area contributed by atoms with Gasteiger partial charge in [0.05, 0.1) is 13.2 Å². The minimum absolute atomic E-state index is 0.305. The minimum atomic E-state index is -0.378. The molecule has 2 atom stereocenters. The fourth-order valence-electron chi connectivity index (χ4n) is 1.05. The molecule has 0 radical (unpaired) electrons.